The molecular weight excluding hydrogens is 903 g/mol. The largest absolute Gasteiger partial charge is 0.317 e. The Bertz CT molecular complexity index is 2420. The zero-order valence-corrected chi connectivity index (χ0v) is 41.6. The maximum absolute atomic E-state index is 14.0. The Hall–Kier alpha value is -3.52. The van der Waals surface area contributed by atoms with Gasteiger partial charge in [0.25, 0.3) is 0 Å². The summed E-state index contributed by atoms with van der Waals surface area (Å²) in [7, 11) is -15.3. The van der Waals surface area contributed by atoms with E-state index < -0.39 is 40.1 Å². The zero-order chi connectivity index (χ0) is 46.8. The van der Waals surface area contributed by atoms with E-state index >= 15 is 0 Å². The fourth-order valence-corrected chi connectivity index (χ4v) is 13.8. The molecule has 0 radical (unpaired) electrons. The third kappa shape index (κ3) is 14.2. The summed E-state index contributed by atoms with van der Waals surface area (Å²) < 4.78 is 117. The average Bonchev–Trinajstić information content (AvgIpc) is 4.22. The van der Waals surface area contributed by atoms with Crippen molar-refractivity contribution in [2.24, 2.45) is 11.8 Å². The van der Waals surface area contributed by atoms with Gasteiger partial charge in [-0.2, -0.15) is 17.2 Å². The van der Waals surface area contributed by atoms with Crippen LogP contribution in [0.25, 0.3) is 0 Å². The Morgan fingerprint density at radius 1 is 0.369 bits per heavy atom. The van der Waals surface area contributed by atoms with Gasteiger partial charge in [0.05, 0.1) is 19.6 Å². The lowest BCUT2D eigenvalue weighted by Crippen LogP contribution is -2.39. The highest BCUT2D eigenvalue weighted by Gasteiger charge is 2.34. The molecule has 0 unspecified atom stereocenters. The van der Waals surface area contributed by atoms with Crippen LogP contribution in [0.1, 0.15) is 73.6 Å². The van der Waals surface area contributed by atoms with Gasteiger partial charge in [0.2, 0.25) is 40.1 Å². The average molecular weight is 970 g/mol. The summed E-state index contributed by atoms with van der Waals surface area (Å²) in [6.07, 6.45) is 5.47. The first kappa shape index (κ1) is 50.9. The van der Waals surface area contributed by atoms with Crippen molar-refractivity contribution in [3.63, 3.8) is 0 Å². The van der Waals surface area contributed by atoms with Gasteiger partial charge in [0, 0.05) is 52.4 Å². The molecule has 0 aliphatic heterocycles. The maximum atomic E-state index is 14.0. The first-order valence-electron chi connectivity index (χ1n) is 22.9. The third-order valence-corrected chi connectivity index (χ3v) is 19.7. The fourth-order valence-electron chi connectivity index (χ4n) is 7.67. The highest BCUT2D eigenvalue weighted by Crippen LogP contribution is 2.33. The Morgan fingerprint density at radius 2 is 0.600 bits per heavy atom. The molecule has 0 heterocycles. The van der Waals surface area contributed by atoms with Crippen molar-refractivity contribution < 1.29 is 33.7 Å². The van der Waals surface area contributed by atoms with Crippen molar-refractivity contribution in [1.29, 1.82) is 0 Å². The molecule has 65 heavy (non-hydrogen) atoms. The predicted octanol–water partition coefficient (Wildman–Crippen LogP) is 6.95. The Kier molecular flexibility index (Phi) is 17.6. The van der Waals surface area contributed by atoms with Gasteiger partial charge >= 0.3 is 0 Å². The van der Waals surface area contributed by atoms with Crippen molar-refractivity contribution >= 4 is 40.1 Å². The lowest BCUT2D eigenvalue weighted by molar-refractivity contribution is 0.344. The summed E-state index contributed by atoms with van der Waals surface area (Å²) in [6, 6.07) is 27.1. The van der Waals surface area contributed by atoms with Gasteiger partial charge in [-0.15, -0.1) is 0 Å². The zero-order valence-electron chi connectivity index (χ0n) is 38.3. The van der Waals surface area contributed by atoms with E-state index in [2.05, 4.69) is 5.32 Å². The van der Waals surface area contributed by atoms with Crippen LogP contribution in [0.2, 0.25) is 0 Å². The molecule has 0 aromatic heterocycles. The summed E-state index contributed by atoms with van der Waals surface area (Å²) in [5.74, 6) is 0.609. The topological polar surface area (TPSA) is 162 Å². The SMILES string of the molecule is Cc1ccc(S(=O)(=O)N(CCCNCCCN(CCCN(CC2CC2)S(=O)(=O)c2ccc(C)cc2)S(=O)(=O)c2ccc(C)cc2)CCCN(CC2CC2)S(=O)(=O)c2ccc(C)cc2)cc1. The van der Waals surface area contributed by atoms with Crippen LogP contribution < -0.4 is 5.32 Å². The van der Waals surface area contributed by atoms with E-state index in [1.54, 1.807) is 97.1 Å². The second-order valence-electron chi connectivity index (χ2n) is 17.8. The highest BCUT2D eigenvalue weighted by atomic mass is 32.2. The Morgan fingerprint density at radius 3 is 0.862 bits per heavy atom. The van der Waals surface area contributed by atoms with Crippen molar-refractivity contribution in [2.75, 3.05) is 65.4 Å². The van der Waals surface area contributed by atoms with Crippen LogP contribution >= 0.6 is 0 Å². The minimum Gasteiger partial charge on any atom is -0.317 e. The van der Waals surface area contributed by atoms with Crippen LogP contribution in [0.5, 0.6) is 0 Å². The molecule has 2 aliphatic carbocycles. The molecular formula is C48H67N5O8S4. The summed E-state index contributed by atoms with van der Waals surface area (Å²) >= 11 is 0. The van der Waals surface area contributed by atoms with Gasteiger partial charge in [-0.1, -0.05) is 70.8 Å². The molecule has 4 aromatic carbocycles. The van der Waals surface area contributed by atoms with Crippen LogP contribution in [0.4, 0.5) is 0 Å². The molecule has 0 amide bonds. The van der Waals surface area contributed by atoms with E-state index in [1.165, 1.54) is 17.2 Å². The molecule has 0 saturated heterocycles. The fraction of sp³-hybridized carbons (Fsp3) is 0.500. The second-order valence-corrected chi connectivity index (χ2v) is 25.6. The number of sulfonamides is 4. The van der Waals surface area contributed by atoms with Crippen LogP contribution in [0, 0.1) is 39.5 Å². The van der Waals surface area contributed by atoms with E-state index in [9.17, 15) is 33.7 Å². The summed E-state index contributed by atoms with van der Waals surface area (Å²) in [4.78, 5) is 0.817. The third-order valence-electron chi connectivity index (χ3n) is 12.1. The lowest BCUT2D eigenvalue weighted by atomic mass is 10.2. The van der Waals surface area contributed by atoms with Gasteiger partial charge in [0.15, 0.2) is 0 Å². The number of hydrogen-bond acceptors (Lipinski definition) is 9. The summed E-state index contributed by atoms with van der Waals surface area (Å²) in [5, 5.41) is 3.37. The lowest BCUT2D eigenvalue weighted by Gasteiger charge is -2.26. The number of nitrogens with one attached hydrogen (secondary N) is 1. The first-order valence-corrected chi connectivity index (χ1v) is 28.6. The number of nitrogens with zero attached hydrogens (tertiary/aromatic N) is 4. The minimum absolute atomic E-state index is 0.136. The molecule has 2 aliphatic rings. The molecule has 0 spiro atoms. The van der Waals surface area contributed by atoms with E-state index in [0.29, 0.717) is 63.7 Å². The molecule has 0 bridgehead atoms. The van der Waals surface area contributed by atoms with Gasteiger partial charge in [-0.25, -0.2) is 33.7 Å². The quantitative estimate of drug-likeness (QED) is 0.0594. The van der Waals surface area contributed by atoms with Crippen LogP contribution in [-0.4, -0.2) is 116 Å². The molecule has 0 atom stereocenters. The van der Waals surface area contributed by atoms with Crippen molar-refractivity contribution in [3.8, 4) is 0 Å². The van der Waals surface area contributed by atoms with E-state index in [4.69, 9.17) is 0 Å². The summed E-state index contributed by atoms with van der Waals surface area (Å²) in [6.45, 7) is 10.4. The van der Waals surface area contributed by atoms with Crippen molar-refractivity contribution in [3.05, 3.63) is 119 Å². The van der Waals surface area contributed by atoms with E-state index in [0.717, 1.165) is 47.9 Å². The molecule has 13 nitrogen and oxygen atoms in total. The molecule has 1 N–H and O–H groups in total. The minimum atomic E-state index is -3.90. The first-order chi connectivity index (χ1) is 30.9. The van der Waals surface area contributed by atoms with Crippen LogP contribution in [0.3, 0.4) is 0 Å². The van der Waals surface area contributed by atoms with Crippen molar-refractivity contribution in [2.45, 2.75) is 98.6 Å². The number of aryl methyl sites for hydroxylation is 4. The molecule has 356 valence electrons. The van der Waals surface area contributed by atoms with E-state index in [1.807, 2.05) is 27.7 Å². The Balaban J connectivity index is 1.06. The molecule has 4 aromatic rings. The van der Waals surface area contributed by atoms with E-state index in [-0.39, 0.29) is 58.9 Å². The normalized spacial score (nSPS) is 15.1. The van der Waals surface area contributed by atoms with Gasteiger partial charge < -0.3 is 5.32 Å². The van der Waals surface area contributed by atoms with Gasteiger partial charge in [-0.05, 0) is 153 Å². The standard InChI is InChI=1S/C48H67N5O8S4/c1-39-9-21-45(22-10-39)62(54,55)50(33-7-35-52(37-43-17-18-43)64(58,59)47-25-13-41(3)14-26-47)31-5-29-49-30-6-32-51(63(56,57)46-23-11-40(2)12-24-46)34-8-36-53(38-44-19-20-44)65(60,61)48-27-15-42(4)16-28-48/h9-16,21-28,43-44,49H,5-8,17-20,29-38H2,1-4H3. The maximum Gasteiger partial charge on any atom is 0.243 e. The highest BCUT2D eigenvalue weighted by molar-refractivity contribution is 7.90. The monoisotopic (exact) mass is 969 g/mol. The predicted molar refractivity (Wildman–Crippen MR) is 257 cm³/mol. The molecule has 6 rings (SSSR count). The smallest absolute Gasteiger partial charge is 0.243 e. The number of rotatable bonds is 28. The second kappa shape index (κ2) is 22.5. The Labute approximate surface area is 389 Å². The summed E-state index contributed by atoms with van der Waals surface area (Å²) in [5.41, 5.74) is 3.79. The van der Waals surface area contributed by atoms with Gasteiger partial charge in [0.1, 0.15) is 0 Å². The van der Waals surface area contributed by atoms with Crippen molar-refractivity contribution in [1.82, 2.24) is 22.5 Å². The van der Waals surface area contributed by atoms with Crippen LogP contribution in [-0.2, 0) is 40.1 Å². The van der Waals surface area contributed by atoms with Gasteiger partial charge in [-0.3, -0.25) is 0 Å². The number of benzene rings is 4. The molecule has 2 saturated carbocycles. The molecule has 17 heteroatoms. The molecule has 2 fully saturated rings. The van der Waals surface area contributed by atoms with Crippen LogP contribution in [0.15, 0.2) is 117 Å². The number of hydrogen-bond donors (Lipinski definition) is 1.